The predicted octanol–water partition coefficient (Wildman–Crippen LogP) is 5.85. The average Bonchev–Trinajstić information content (AvgIpc) is 3.50. The van der Waals surface area contributed by atoms with Gasteiger partial charge in [0, 0.05) is 29.9 Å². The number of benzene rings is 2. The fourth-order valence-electron chi connectivity index (χ4n) is 4.46. The Balaban J connectivity index is 1.30. The number of allylic oxidation sites excluding steroid dienone is 1. The van der Waals surface area contributed by atoms with Crippen LogP contribution in [0.25, 0.3) is 17.0 Å². The maximum absolute atomic E-state index is 13.2. The van der Waals surface area contributed by atoms with Crippen LogP contribution in [0.15, 0.2) is 85.2 Å². The Kier molecular flexibility index (Phi) is 6.06. The molecular formula is C30H28N2O4. The molecule has 0 amide bonds. The lowest BCUT2D eigenvalue weighted by Gasteiger charge is -2.30. The maximum atomic E-state index is 13.2. The molecule has 4 aromatic rings. The molecule has 1 N–H and O–H groups in total. The van der Waals surface area contributed by atoms with E-state index in [0.29, 0.717) is 30.6 Å². The monoisotopic (exact) mass is 480 g/mol. The number of hydrogen-bond donors (Lipinski definition) is 1. The number of ether oxygens (including phenoxy) is 1. The highest BCUT2D eigenvalue weighted by Gasteiger charge is 2.55. The summed E-state index contributed by atoms with van der Waals surface area (Å²) in [4.78, 5) is 29.2. The minimum atomic E-state index is -1.06. The lowest BCUT2D eigenvalue weighted by atomic mass is 9.95. The minimum Gasteiger partial charge on any atom is -0.479 e. The molecule has 36 heavy (non-hydrogen) atoms. The number of pyridine rings is 1. The van der Waals surface area contributed by atoms with Gasteiger partial charge in [-0.25, -0.2) is 4.79 Å². The van der Waals surface area contributed by atoms with E-state index in [4.69, 9.17) is 4.74 Å². The zero-order valence-electron chi connectivity index (χ0n) is 20.3. The number of carboxylic acids is 1. The van der Waals surface area contributed by atoms with Gasteiger partial charge in [-0.1, -0.05) is 48.6 Å². The molecule has 5 rings (SSSR count). The number of aromatic nitrogens is 2. The SMILES string of the molecule is CC(C)(OC1(C(=O)O)CC1)c1cccc(/C=C/Cn2cccc2C(=O)c2cnc3ccccc3c2)c1. The predicted molar refractivity (Wildman–Crippen MR) is 139 cm³/mol. The van der Waals surface area contributed by atoms with E-state index in [0.717, 1.165) is 22.0 Å². The van der Waals surface area contributed by atoms with Gasteiger partial charge in [-0.2, -0.15) is 0 Å². The Morgan fingerprint density at radius 2 is 1.89 bits per heavy atom. The van der Waals surface area contributed by atoms with Crippen molar-refractivity contribution in [3.63, 3.8) is 0 Å². The van der Waals surface area contributed by atoms with Crippen LogP contribution in [0.3, 0.4) is 0 Å². The minimum absolute atomic E-state index is 0.0695. The molecule has 1 fully saturated rings. The van der Waals surface area contributed by atoms with Crippen LogP contribution in [-0.2, 0) is 21.7 Å². The van der Waals surface area contributed by atoms with Crippen LogP contribution in [-0.4, -0.2) is 32.0 Å². The summed E-state index contributed by atoms with van der Waals surface area (Å²) >= 11 is 0. The summed E-state index contributed by atoms with van der Waals surface area (Å²) < 4.78 is 7.95. The fraction of sp³-hybridized carbons (Fsp3) is 0.233. The number of nitrogens with zero attached hydrogens (tertiary/aromatic N) is 2. The van der Waals surface area contributed by atoms with Crippen LogP contribution in [0.1, 0.15) is 53.9 Å². The lowest BCUT2D eigenvalue weighted by Crippen LogP contribution is -2.35. The Morgan fingerprint density at radius 1 is 1.08 bits per heavy atom. The van der Waals surface area contributed by atoms with Crippen molar-refractivity contribution >= 4 is 28.7 Å². The van der Waals surface area contributed by atoms with Gasteiger partial charge >= 0.3 is 5.97 Å². The summed E-state index contributed by atoms with van der Waals surface area (Å²) in [6.07, 6.45) is 8.60. The third-order valence-corrected chi connectivity index (χ3v) is 6.65. The zero-order chi connectivity index (χ0) is 25.3. The van der Waals surface area contributed by atoms with Crippen molar-refractivity contribution in [3.05, 3.63) is 108 Å². The molecule has 0 spiro atoms. The lowest BCUT2D eigenvalue weighted by molar-refractivity contribution is -0.168. The van der Waals surface area contributed by atoms with Crippen molar-refractivity contribution in [2.24, 2.45) is 0 Å². The number of fused-ring (bicyclic) bond motifs is 1. The quantitative estimate of drug-likeness (QED) is 0.304. The second-order valence-electron chi connectivity index (χ2n) is 9.73. The van der Waals surface area contributed by atoms with Crippen LogP contribution in [0.2, 0.25) is 0 Å². The van der Waals surface area contributed by atoms with Crippen molar-refractivity contribution in [1.82, 2.24) is 9.55 Å². The van der Waals surface area contributed by atoms with E-state index in [1.165, 1.54) is 0 Å². The molecule has 182 valence electrons. The molecular weight excluding hydrogens is 452 g/mol. The molecule has 0 saturated heterocycles. The Morgan fingerprint density at radius 3 is 2.67 bits per heavy atom. The Bertz CT molecular complexity index is 1480. The molecule has 0 radical (unpaired) electrons. The number of para-hydroxylation sites is 1. The maximum Gasteiger partial charge on any atom is 0.336 e. The fourth-order valence-corrected chi connectivity index (χ4v) is 4.46. The van der Waals surface area contributed by atoms with E-state index >= 15 is 0 Å². The zero-order valence-corrected chi connectivity index (χ0v) is 20.3. The Hall–Kier alpha value is -4.03. The van der Waals surface area contributed by atoms with Gasteiger partial charge < -0.3 is 14.4 Å². The average molecular weight is 481 g/mol. The van der Waals surface area contributed by atoms with Crippen LogP contribution in [0, 0.1) is 0 Å². The van der Waals surface area contributed by atoms with E-state index in [9.17, 15) is 14.7 Å². The van der Waals surface area contributed by atoms with Crippen LogP contribution < -0.4 is 0 Å². The number of rotatable bonds is 9. The van der Waals surface area contributed by atoms with E-state index < -0.39 is 17.2 Å². The van der Waals surface area contributed by atoms with Gasteiger partial charge in [0.15, 0.2) is 5.60 Å². The number of ketones is 1. The van der Waals surface area contributed by atoms with Gasteiger partial charge in [-0.05, 0) is 68.1 Å². The van der Waals surface area contributed by atoms with Crippen LogP contribution in [0.5, 0.6) is 0 Å². The highest BCUT2D eigenvalue weighted by atomic mass is 16.6. The van der Waals surface area contributed by atoms with Crippen molar-refractivity contribution in [3.8, 4) is 0 Å². The van der Waals surface area contributed by atoms with Gasteiger partial charge in [-0.3, -0.25) is 9.78 Å². The molecule has 1 aliphatic rings. The molecule has 6 heteroatoms. The summed E-state index contributed by atoms with van der Waals surface area (Å²) in [6.45, 7) is 4.33. The molecule has 2 aromatic carbocycles. The summed E-state index contributed by atoms with van der Waals surface area (Å²) in [5, 5.41) is 10.4. The first-order valence-corrected chi connectivity index (χ1v) is 12.0. The smallest absolute Gasteiger partial charge is 0.336 e. The van der Waals surface area contributed by atoms with Gasteiger partial charge in [0.1, 0.15) is 0 Å². The molecule has 0 atom stereocenters. The molecule has 1 saturated carbocycles. The van der Waals surface area contributed by atoms with Crippen molar-refractivity contribution < 1.29 is 19.4 Å². The summed E-state index contributed by atoms with van der Waals surface area (Å²) in [5.74, 6) is -0.969. The largest absolute Gasteiger partial charge is 0.479 e. The summed E-state index contributed by atoms with van der Waals surface area (Å²) in [7, 11) is 0. The number of carboxylic acid groups (broad SMARTS) is 1. The van der Waals surface area contributed by atoms with Gasteiger partial charge in [0.2, 0.25) is 5.78 Å². The van der Waals surface area contributed by atoms with E-state index in [2.05, 4.69) is 4.98 Å². The molecule has 0 aliphatic heterocycles. The first-order chi connectivity index (χ1) is 17.3. The van der Waals surface area contributed by atoms with E-state index in [1.807, 2.05) is 103 Å². The molecule has 2 aromatic heterocycles. The number of hydrogen-bond acceptors (Lipinski definition) is 4. The highest BCUT2D eigenvalue weighted by molar-refractivity contribution is 6.09. The molecule has 2 heterocycles. The third-order valence-electron chi connectivity index (χ3n) is 6.65. The standard InChI is InChI=1S/C30H28N2O4/c1-29(2,36-30(14-15-30)28(34)35)24-11-5-8-21(18-24)9-6-16-32-17-7-13-26(32)27(33)23-19-22-10-3-4-12-25(22)31-20-23/h3-13,17-20H,14-16H2,1-2H3,(H,34,35)/b9-6+. The summed E-state index contributed by atoms with van der Waals surface area (Å²) in [6, 6.07) is 21.2. The number of carbonyl (C=O) groups excluding carboxylic acids is 1. The normalized spacial score (nSPS) is 14.8. The second-order valence-corrected chi connectivity index (χ2v) is 9.73. The van der Waals surface area contributed by atoms with Crippen molar-refractivity contribution in [2.45, 2.75) is 44.4 Å². The van der Waals surface area contributed by atoms with E-state index in [-0.39, 0.29) is 5.78 Å². The van der Waals surface area contributed by atoms with Gasteiger partial charge in [0.25, 0.3) is 0 Å². The molecule has 0 unspecified atom stereocenters. The molecule has 0 bridgehead atoms. The van der Waals surface area contributed by atoms with E-state index in [1.54, 1.807) is 6.20 Å². The topological polar surface area (TPSA) is 81.4 Å². The van der Waals surface area contributed by atoms with Crippen LogP contribution in [0.4, 0.5) is 0 Å². The first-order valence-electron chi connectivity index (χ1n) is 12.0. The second kappa shape index (κ2) is 9.21. The molecule has 1 aliphatic carbocycles. The number of aliphatic carboxylic acids is 1. The highest BCUT2D eigenvalue weighted by Crippen LogP contribution is 2.45. The third kappa shape index (κ3) is 4.72. The first kappa shape index (κ1) is 23.7. The van der Waals surface area contributed by atoms with Gasteiger partial charge in [-0.15, -0.1) is 0 Å². The van der Waals surface area contributed by atoms with Gasteiger partial charge in [0.05, 0.1) is 16.8 Å². The van der Waals surface area contributed by atoms with Crippen molar-refractivity contribution in [2.75, 3.05) is 0 Å². The Labute approximate surface area is 209 Å². The van der Waals surface area contributed by atoms with Crippen LogP contribution >= 0.6 is 0 Å². The molecule has 6 nitrogen and oxygen atoms in total. The van der Waals surface area contributed by atoms with Crippen molar-refractivity contribution in [1.29, 1.82) is 0 Å². The summed E-state index contributed by atoms with van der Waals surface area (Å²) in [5.41, 5.74) is 2.12. The number of carbonyl (C=O) groups is 2.